The molecule has 0 saturated heterocycles. The molecule has 0 fully saturated rings. The largest absolute Gasteiger partial charge is 0.458 e. The van der Waals surface area contributed by atoms with Gasteiger partial charge in [-0.25, -0.2) is 0 Å². The lowest BCUT2D eigenvalue weighted by Gasteiger charge is -2.46. The molecule has 6 nitrogen and oxygen atoms in total. The molecule has 4 aliphatic heterocycles. The Morgan fingerprint density at radius 3 is 1.06 bits per heavy atom. The Bertz CT molecular complexity index is 7160. The second kappa shape index (κ2) is 23.4. The number of rotatable bonds is 9. The van der Waals surface area contributed by atoms with Gasteiger partial charge in [-0.3, -0.25) is 0 Å². The molecule has 0 aliphatic carbocycles. The zero-order valence-corrected chi connectivity index (χ0v) is 61.1. The standard InChI is InChI=1S/C96H57B2N5OS4/c1-4-26-58(27-5-1)99(59-28-6-2-7-29-59)62-54-80-96-82(55-62)104-81-57-77-69(56-70(81)98(96)68-37-15-17-39-72(68)102(80)75-42-24-50-89-93(75)65-34-12-20-46-85(65)107-89)97-67-36-14-16-38-71(67)101(74-41-23-49-88-92(74)64-33-11-19-45-84(64)106-88)78-52-61(53-79(95(78)97)103(77)76-43-25-51-90-94(76)66-35-13-21-47-86(66)108-90)100(60-30-8-3-9-31-60)73-40-22-48-87-91(73)63-32-10-18-44-83(63)105-87/h1-57H. The molecule has 8 heterocycles. The van der Waals surface area contributed by atoms with Crippen molar-refractivity contribution in [1.82, 2.24) is 0 Å². The Morgan fingerprint density at radius 1 is 0.222 bits per heavy atom. The van der Waals surface area contributed by atoms with Gasteiger partial charge in [-0.2, -0.15) is 0 Å². The summed E-state index contributed by atoms with van der Waals surface area (Å²) in [5.41, 5.74) is 23.5. The average molecular weight is 1450 g/mol. The quantitative estimate of drug-likeness (QED) is 0.134. The van der Waals surface area contributed by atoms with E-state index in [1.165, 1.54) is 103 Å². The Morgan fingerprint density at radius 2 is 0.574 bits per heavy atom. The molecular weight excluding hydrogens is 1390 g/mol. The number of benzene rings is 16. The lowest BCUT2D eigenvalue weighted by atomic mass is 9.30. The molecule has 0 radical (unpaired) electrons. The monoisotopic (exact) mass is 1450 g/mol. The van der Waals surface area contributed by atoms with E-state index in [0.29, 0.717) is 0 Å². The van der Waals surface area contributed by atoms with Crippen molar-refractivity contribution >= 4 is 258 Å². The van der Waals surface area contributed by atoms with Crippen molar-refractivity contribution < 1.29 is 4.74 Å². The molecule has 0 unspecified atom stereocenters. The number of nitrogens with zero attached hydrogens (tertiary/aromatic N) is 5. The summed E-state index contributed by atoms with van der Waals surface area (Å²) in [5, 5.41) is 9.90. The summed E-state index contributed by atoms with van der Waals surface area (Å²) in [6.07, 6.45) is 0. The highest BCUT2D eigenvalue weighted by Gasteiger charge is 2.49. The van der Waals surface area contributed by atoms with E-state index in [4.69, 9.17) is 4.74 Å². The van der Waals surface area contributed by atoms with Gasteiger partial charge in [0.25, 0.3) is 13.4 Å². The third kappa shape index (κ3) is 8.76. The number of hydrogen-bond donors (Lipinski definition) is 0. The average Bonchev–Trinajstić information content (AvgIpc) is 0.810. The van der Waals surface area contributed by atoms with Crippen LogP contribution < -0.4 is 62.0 Å². The maximum absolute atomic E-state index is 8.08. The van der Waals surface area contributed by atoms with Crippen molar-refractivity contribution in [2.24, 2.45) is 0 Å². The van der Waals surface area contributed by atoms with Crippen molar-refractivity contribution in [1.29, 1.82) is 0 Å². The zero-order valence-electron chi connectivity index (χ0n) is 57.8. The summed E-state index contributed by atoms with van der Waals surface area (Å²) in [4.78, 5) is 12.8. The maximum atomic E-state index is 8.08. The van der Waals surface area contributed by atoms with E-state index in [2.05, 4.69) is 370 Å². The van der Waals surface area contributed by atoms with Gasteiger partial charge in [-0.1, -0.05) is 194 Å². The smallest absolute Gasteiger partial charge is 0.256 e. The summed E-state index contributed by atoms with van der Waals surface area (Å²) >= 11 is 7.46. The van der Waals surface area contributed by atoms with E-state index in [1.54, 1.807) is 0 Å². The third-order valence-electron chi connectivity index (χ3n) is 22.8. The number of para-hydroxylation sites is 5. The van der Waals surface area contributed by atoms with Crippen LogP contribution in [0.1, 0.15) is 0 Å². The number of ether oxygens (including phenoxy) is 1. The molecule has 0 bridgehead atoms. The molecule has 12 heteroatoms. The minimum atomic E-state index is -0.257. The second-order valence-electron chi connectivity index (χ2n) is 28.5. The van der Waals surface area contributed by atoms with E-state index < -0.39 is 0 Å². The number of hydrogen-bond acceptors (Lipinski definition) is 10. The summed E-state index contributed by atoms with van der Waals surface area (Å²) < 4.78 is 18.1. The number of fused-ring (bicyclic) bond motifs is 20. The van der Waals surface area contributed by atoms with Crippen LogP contribution in [-0.2, 0) is 0 Å². The summed E-state index contributed by atoms with van der Waals surface area (Å²) in [6.45, 7) is -0.505. The Balaban J connectivity index is 0.824. The van der Waals surface area contributed by atoms with Crippen molar-refractivity contribution in [3.63, 3.8) is 0 Å². The van der Waals surface area contributed by atoms with Gasteiger partial charge < -0.3 is 29.2 Å². The van der Waals surface area contributed by atoms with Crippen molar-refractivity contribution in [2.75, 3.05) is 24.5 Å². The normalized spacial score (nSPS) is 13.2. The van der Waals surface area contributed by atoms with Crippen LogP contribution in [0.25, 0.3) is 80.7 Å². The first-order chi connectivity index (χ1) is 53.6. The highest BCUT2D eigenvalue weighted by molar-refractivity contribution is 7.27. The predicted molar refractivity (Wildman–Crippen MR) is 467 cm³/mol. The molecule has 0 N–H and O–H groups in total. The van der Waals surface area contributed by atoms with Gasteiger partial charge in [0.05, 0.1) is 34.1 Å². The van der Waals surface area contributed by atoms with Crippen LogP contribution in [0.4, 0.5) is 85.3 Å². The van der Waals surface area contributed by atoms with Gasteiger partial charge in [-0.05, 0) is 172 Å². The first kappa shape index (κ1) is 60.6. The molecule has 0 spiro atoms. The topological polar surface area (TPSA) is 25.4 Å². The Labute approximate surface area is 639 Å². The summed E-state index contributed by atoms with van der Waals surface area (Å²) in [6, 6.07) is 130. The Kier molecular flexibility index (Phi) is 13.1. The fourth-order valence-electron chi connectivity index (χ4n) is 18.5. The van der Waals surface area contributed by atoms with E-state index in [0.717, 1.165) is 108 Å². The van der Waals surface area contributed by atoms with Gasteiger partial charge in [-0.15, -0.1) is 45.3 Å². The van der Waals surface area contributed by atoms with E-state index in [-0.39, 0.29) is 13.4 Å². The second-order valence-corrected chi connectivity index (χ2v) is 32.8. The predicted octanol–water partition coefficient (Wildman–Crippen LogP) is 24.6. The molecule has 16 aromatic carbocycles. The maximum Gasteiger partial charge on any atom is 0.256 e. The number of anilines is 15. The molecule has 0 atom stereocenters. The molecule has 20 aromatic rings. The van der Waals surface area contributed by atoms with Crippen molar-refractivity contribution in [3.8, 4) is 11.5 Å². The van der Waals surface area contributed by atoms with E-state index >= 15 is 0 Å². The minimum Gasteiger partial charge on any atom is -0.458 e. The van der Waals surface area contributed by atoms with E-state index in [9.17, 15) is 0 Å². The molecule has 24 rings (SSSR count). The zero-order chi connectivity index (χ0) is 70.4. The molecule has 4 aromatic heterocycles. The molecule has 0 saturated carbocycles. The van der Waals surface area contributed by atoms with Crippen molar-refractivity contribution in [3.05, 3.63) is 346 Å². The molecule has 108 heavy (non-hydrogen) atoms. The first-order valence-corrected chi connectivity index (χ1v) is 40.0. The highest BCUT2D eigenvalue weighted by atomic mass is 32.1. The van der Waals surface area contributed by atoms with Crippen LogP contribution in [0, 0.1) is 0 Å². The van der Waals surface area contributed by atoms with Crippen LogP contribution in [0.15, 0.2) is 346 Å². The van der Waals surface area contributed by atoms with Crippen molar-refractivity contribution in [2.45, 2.75) is 0 Å². The van der Waals surface area contributed by atoms with Crippen LogP contribution in [0.5, 0.6) is 11.5 Å². The SMILES string of the molecule is c1ccc(N(c2ccccc2)c2cc3c4c(c2)N(c2cccc5sc6ccccc6c25)c2ccccc2B4c2cc4c(cc2O3)N(c2cccc3sc5ccccc5c23)c2cc(N(c3ccccc3)c3cccc5sc6ccccc6c35)cc3c2B4c2ccccc2N3c2cccc3sc4ccccc4c23)cc1. The van der Waals surface area contributed by atoms with Crippen LogP contribution >= 0.6 is 45.3 Å². The fourth-order valence-corrected chi connectivity index (χ4v) is 23.0. The van der Waals surface area contributed by atoms with Gasteiger partial charge in [0.15, 0.2) is 0 Å². The lowest BCUT2D eigenvalue weighted by molar-refractivity contribution is 0.488. The van der Waals surface area contributed by atoms with Gasteiger partial charge in [0.2, 0.25) is 0 Å². The van der Waals surface area contributed by atoms with Gasteiger partial charge in [0.1, 0.15) is 11.5 Å². The third-order valence-corrected chi connectivity index (χ3v) is 27.3. The van der Waals surface area contributed by atoms with Crippen LogP contribution in [0.3, 0.4) is 0 Å². The Hall–Kier alpha value is -12.7. The summed E-state index contributed by atoms with van der Waals surface area (Å²) in [5.74, 6) is 1.64. The molecular formula is C96H57B2N5OS4. The molecule has 4 aliphatic rings. The fraction of sp³-hybridized carbons (Fsp3) is 0. The first-order valence-electron chi connectivity index (χ1n) is 36.8. The molecule has 0 amide bonds. The number of thiophene rings is 4. The highest BCUT2D eigenvalue weighted by Crippen LogP contribution is 2.56. The van der Waals surface area contributed by atoms with E-state index in [1.807, 2.05) is 45.3 Å². The molecule has 502 valence electrons. The summed E-state index contributed by atoms with van der Waals surface area (Å²) in [7, 11) is 0. The van der Waals surface area contributed by atoms with Crippen LogP contribution in [0.2, 0.25) is 0 Å². The van der Waals surface area contributed by atoms with Gasteiger partial charge >= 0.3 is 0 Å². The van der Waals surface area contributed by atoms with Gasteiger partial charge in [0, 0.05) is 144 Å². The van der Waals surface area contributed by atoms with Crippen LogP contribution in [-0.4, -0.2) is 13.4 Å². The minimum absolute atomic E-state index is 0.248. The lowest BCUT2D eigenvalue weighted by Crippen LogP contribution is -2.64.